The van der Waals surface area contributed by atoms with Crippen LogP contribution in [0, 0.1) is 6.92 Å². The number of aliphatic hydroxyl groups excluding tert-OH is 1. The molecule has 0 fully saturated rings. The molecule has 0 unspecified atom stereocenters. The minimum absolute atomic E-state index is 0.454. The fourth-order valence-corrected chi connectivity index (χ4v) is 3.50. The van der Waals surface area contributed by atoms with Crippen molar-refractivity contribution >= 4 is 5.52 Å². The molecular formula is C21H21N5O4. The van der Waals surface area contributed by atoms with Crippen LogP contribution in [0.4, 0.5) is 0 Å². The summed E-state index contributed by atoms with van der Waals surface area (Å²) in [6.45, 7) is 1.91. The molecular weight excluding hydrogens is 386 g/mol. The lowest BCUT2D eigenvalue weighted by atomic mass is 10.1. The number of aromatic nitrogens is 5. The van der Waals surface area contributed by atoms with Crippen LogP contribution in [0.2, 0.25) is 0 Å². The van der Waals surface area contributed by atoms with Gasteiger partial charge in [0.2, 0.25) is 5.88 Å². The number of rotatable bonds is 3. The molecule has 4 aromatic rings. The fourth-order valence-electron chi connectivity index (χ4n) is 3.50. The Hall–Kier alpha value is -3.72. The molecule has 0 amide bonds. The Labute approximate surface area is 172 Å². The maximum Gasteiger partial charge on any atom is 0.249 e. The van der Waals surface area contributed by atoms with E-state index >= 15 is 0 Å². The first-order valence-electron chi connectivity index (χ1n) is 9.22. The van der Waals surface area contributed by atoms with Gasteiger partial charge in [0.15, 0.2) is 22.8 Å². The predicted molar refractivity (Wildman–Crippen MR) is 109 cm³/mol. The van der Waals surface area contributed by atoms with Gasteiger partial charge in [-0.1, -0.05) is 0 Å². The van der Waals surface area contributed by atoms with E-state index in [2.05, 4.69) is 15.1 Å². The van der Waals surface area contributed by atoms with Gasteiger partial charge in [0, 0.05) is 43.1 Å². The molecule has 0 aliphatic carbocycles. The third-order valence-corrected chi connectivity index (χ3v) is 4.73. The van der Waals surface area contributed by atoms with Gasteiger partial charge in [-0.2, -0.15) is 4.98 Å². The van der Waals surface area contributed by atoms with E-state index in [-0.39, 0.29) is 0 Å². The molecule has 0 spiro atoms. The average molecular weight is 407 g/mol. The summed E-state index contributed by atoms with van der Waals surface area (Å²) in [7, 11) is 4.23. The van der Waals surface area contributed by atoms with E-state index in [0.717, 1.165) is 35.3 Å². The molecule has 0 atom stereocenters. The van der Waals surface area contributed by atoms with Crippen LogP contribution in [-0.2, 0) is 6.42 Å². The van der Waals surface area contributed by atoms with Crippen molar-refractivity contribution in [3.05, 3.63) is 53.7 Å². The lowest BCUT2D eigenvalue weighted by molar-refractivity contribution is 0.348. The van der Waals surface area contributed by atoms with Crippen molar-refractivity contribution < 1.29 is 19.3 Å². The monoisotopic (exact) mass is 407 g/mol. The number of methoxy groups -OCH3 is 2. The molecule has 154 valence electrons. The van der Waals surface area contributed by atoms with Gasteiger partial charge in [-0.15, -0.1) is 5.10 Å². The zero-order chi connectivity index (χ0) is 21.3. The van der Waals surface area contributed by atoms with Gasteiger partial charge in [-0.3, -0.25) is 4.98 Å². The summed E-state index contributed by atoms with van der Waals surface area (Å²) in [5.41, 5.74) is 3.36. The number of fused-ring (bicyclic) bond motifs is 2. The van der Waals surface area contributed by atoms with Crippen LogP contribution >= 0.6 is 0 Å². The maximum absolute atomic E-state index is 7.00. The Morgan fingerprint density at radius 1 is 1.07 bits per heavy atom. The summed E-state index contributed by atoms with van der Waals surface area (Å²) in [5.74, 6) is 3.65. The van der Waals surface area contributed by atoms with Crippen LogP contribution in [0.5, 0.6) is 23.1 Å². The highest BCUT2D eigenvalue weighted by atomic mass is 16.5. The first-order chi connectivity index (χ1) is 14.7. The highest BCUT2D eigenvalue weighted by Gasteiger charge is 2.25. The van der Waals surface area contributed by atoms with Crippen LogP contribution in [0.15, 0.2) is 36.7 Å². The van der Waals surface area contributed by atoms with Gasteiger partial charge < -0.3 is 19.3 Å². The Morgan fingerprint density at radius 3 is 2.53 bits per heavy atom. The maximum atomic E-state index is 7.00. The smallest absolute Gasteiger partial charge is 0.249 e. The van der Waals surface area contributed by atoms with E-state index in [0.29, 0.717) is 35.4 Å². The Kier molecular flexibility index (Phi) is 5.20. The third kappa shape index (κ3) is 3.18. The summed E-state index contributed by atoms with van der Waals surface area (Å²) in [6.07, 6.45) is 3.97. The number of aliphatic hydroxyl groups is 1. The summed E-state index contributed by atoms with van der Waals surface area (Å²) in [6, 6.07) is 7.44. The van der Waals surface area contributed by atoms with Crippen LogP contribution in [0.1, 0.15) is 17.1 Å². The Balaban J connectivity index is 0.00000106. The molecule has 5 rings (SSSR count). The van der Waals surface area contributed by atoms with Gasteiger partial charge >= 0.3 is 0 Å². The second-order valence-corrected chi connectivity index (χ2v) is 6.44. The summed E-state index contributed by atoms with van der Waals surface area (Å²) in [5, 5.41) is 11.7. The number of hydrogen-bond donors (Lipinski definition) is 1. The largest absolute Gasteiger partial charge is 0.493 e. The molecule has 0 saturated carbocycles. The number of aryl methyl sites for hydroxylation is 1. The van der Waals surface area contributed by atoms with E-state index < -0.39 is 0 Å². The van der Waals surface area contributed by atoms with Crippen molar-refractivity contribution in [2.24, 2.45) is 0 Å². The molecule has 1 aliphatic rings. The number of hydrogen-bond acceptors (Lipinski definition) is 8. The van der Waals surface area contributed by atoms with Crippen molar-refractivity contribution in [2.45, 2.75) is 13.3 Å². The highest BCUT2D eigenvalue weighted by Crippen LogP contribution is 2.41. The number of benzene rings is 1. The zero-order valence-corrected chi connectivity index (χ0v) is 17.1. The zero-order valence-electron chi connectivity index (χ0n) is 17.1. The van der Waals surface area contributed by atoms with Gasteiger partial charge in [-0.25, -0.2) is 9.50 Å². The van der Waals surface area contributed by atoms with E-state index in [4.69, 9.17) is 24.3 Å². The number of imidazole rings is 1. The average Bonchev–Trinajstić information content (AvgIpc) is 3.09. The van der Waals surface area contributed by atoms with E-state index in [1.165, 1.54) is 0 Å². The molecule has 0 radical (unpaired) electrons. The van der Waals surface area contributed by atoms with Crippen LogP contribution in [-0.4, -0.2) is 51.0 Å². The molecule has 1 N–H and O–H groups in total. The fraction of sp³-hybridized carbons (Fsp3) is 0.238. The van der Waals surface area contributed by atoms with Crippen molar-refractivity contribution in [1.82, 2.24) is 24.6 Å². The number of nitrogens with zero attached hydrogens (tertiary/aromatic N) is 5. The molecule has 0 saturated heterocycles. The first kappa shape index (κ1) is 19.6. The van der Waals surface area contributed by atoms with E-state index in [1.54, 1.807) is 37.2 Å². The Morgan fingerprint density at radius 2 is 1.83 bits per heavy atom. The second kappa shape index (κ2) is 7.96. The SMILES string of the molecule is CO.COc1cc2cc(c1OC)Cc1nc(C)n3nc(-c4ccncc4)nc(c13)O2. The third-order valence-electron chi connectivity index (χ3n) is 4.73. The topological polar surface area (TPSA) is 104 Å². The number of pyridine rings is 1. The molecule has 30 heavy (non-hydrogen) atoms. The van der Waals surface area contributed by atoms with Crippen LogP contribution in [0.25, 0.3) is 16.9 Å². The van der Waals surface area contributed by atoms with Crippen molar-refractivity contribution in [3.8, 4) is 34.5 Å². The van der Waals surface area contributed by atoms with Crippen LogP contribution < -0.4 is 14.2 Å². The van der Waals surface area contributed by atoms with Crippen LogP contribution in [0.3, 0.4) is 0 Å². The molecule has 1 aromatic carbocycles. The second-order valence-electron chi connectivity index (χ2n) is 6.44. The van der Waals surface area contributed by atoms with Gasteiger partial charge in [0.05, 0.1) is 19.9 Å². The molecule has 1 aliphatic heterocycles. The summed E-state index contributed by atoms with van der Waals surface area (Å²) >= 11 is 0. The van der Waals surface area contributed by atoms with Gasteiger partial charge in [-0.05, 0) is 25.1 Å². The minimum Gasteiger partial charge on any atom is -0.493 e. The van der Waals surface area contributed by atoms with E-state index in [9.17, 15) is 0 Å². The lowest BCUT2D eigenvalue weighted by Crippen LogP contribution is -2.06. The minimum atomic E-state index is 0.454. The standard InChI is InChI=1S/C20H17N5O3.CH4O/c1-11-22-15-9-13-8-14(10-16(26-2)18(13)27-3)28-20-17(15)25(11)24-19(23-20)12-4-6-21-7-5-12;1-2/h4-8,10H,9H2,1-3H3;2H,1H3. The molecule has 3 aromatic heterocycles. The molecule has 9 heteroatoms. The predicted octanol–water partition coefficient (Wildman–Crippen LogP) is 2.82. The van der Waals surface area contributed by atoms with Crippen molar-refractivity contribution in [2.75, 3.05) is 21.3 Å². The molecule has 9 nitrogen and oxygen atoms in total. The quantitative estimate of drug-likeness (QED) is 0.487. The lowest BCUT2D eigenvalue weighted by Gasteiger charge is -2.18. The molecule has 2 bridgehead atoms. The normalized spacial score (nSPS) is 11.6. The Bertz CT molecular complexity index is 1210. The number of ether oxygens (including phenoxy) is 3. The van der Waals surface area contributed by atoms with E-state index in [1.807, 2.05) is 25.1 Å². The highest BCUT2D eigenvalue weighted by molar-refractivity contribution is 5.68. The summed E-state index contributed by atoms with van der Waals surface area (Å²) in [4.78, 5) is 13.4. The first-order valence-corrected chi connectivity index (χ1v) is 9.22. The van der Waals surface area contributed by atoms with Crippen molar-refractivity contribution in [3.63, 3.8) is 0 Å². The van der Waals surface area contributed by atoms with Crippen molar-refractivity contribution in [1.29, 1.82) is 0 Å². The van der Waals surface area contributed by atoms with Gasteiger partial charge in [0.1, 0.15) is 11.6 Å². The van der Waals surface area contributed by atoms with Gasteiger partial charge in [0.25, 0.3) is 0 Å². The molecule has 4 heterocycles. The summed E-state index contributed by atoms with van der Waals surface area (Å²) < 4.78 is 19.0.